The molecule has 0 radical (unpaired) electrons. The van der Waals surface area contributed by atoms with E-state index in [9.17, 15) is 13.2 Å². The number of thiazole rings is 1. The smallest absolute Gasteiger partial charge is 0.279 e. The Morgan fingerprint density at radius 3 is 2.38 bits per heavy atom. The van der Waals surface area contributed by atoms with Gasteiger partial charge in [0, 0.05) is 25.2 Å². The molecule has 1 fully saturated rings. The molecule has 2 aromatic carbocycles. The third-order valence-corrected chi connectivity index (χ3v) is 9.32. The van der Waals surface area contributed by atoms with E-state index in [2.05, 4.69) is 42.5 Å². The number of carbonyl (C=O) groups is 1. The molecule has 1 aliphatic heterocycles. The van der Waals surface area contributed by atoms with Crippen molar-refractivity contribution in [1.29, 1.82) is 0 Å². The highest BCUT2D eigenvalue weighted by molar-refractivity contribution is 7.89. The van der Waals surface area contributed by atoms with Gasteiger partial charge in [0.1, 0.15) is 0 Å². The minimum atomic E-state index is -3.53. The Morgan fingerprint density at radius 2 is 1.75 bits per heavy atom. The van der Waals surface area contributed by atoms with Crippen molar-refractivity contribution in [3.05, 3.63) is 57.9 Å². The molecule has 4 rings (SSSR count). The Balaban J connectivity index is 1.64. The molecule has 3 aromatic rings. The molecule has 1 aromatic heterocycles. The summed E-state index contributed by atoms with van der Waals surface area (Å²) in [5.74, 6) is 0.180. The van der Waals surface area contributed by atoms with E-state index in [1.54, 1.807) is 16.4 Å². The Labute approximate surface area is 193 Å². The van der Waals surface area contributed by atoms with Gasteiger partial charge in [-0.3, -0.25) is 4.79 Å². The number of aromatic nitrogens is 1. The summed E-state index contributed by atoms with van der Waals surface area (Å²) in [6, 6.07) is 10.3. The molecule has 0 saturated carbocycles. The maximum atomic E-state index is 12.9. The predicted octanol–water partition coefficient (Wildman–Crippen LogP) is 4.50. The van der Waals surface area contributed by atoms with Gasteiger partial charge < -0.3 is 4.57 Å². The number of sulfonamides is 1. The second kappa shape index (κ2) is 8.92. The highest BCUT2D eigenvalue weighted by atomic mass is 32.2. The zero-order valence-electron chi connectivity index (χ0n) is 19.0. The number of piperidine rings is 1. The minimum Gasteiger partial charge on any atom is -0.316 e. The van der Waals surface area contributed by atoms with Crippen molar-refractivity contribution in [2.75, 3.05) is 13.1 Å². The predicted molar refractivity (Wildman–Crippen MR) is 128 cm³/mol. The van der Waals surface area contributed by atoms with E-state index in [1.807, 2.05) is 6.92 Å². The highest BCUT2D eigenvalue weighted by Crippen LogP contribution is 2.25. The second-order valence-electron chi connectivity index (χ2n) is 8.51. The van der Waals surface area contributed by atoms with Gasteiger partial charge in [0.25, 0.3) is 5.91 Å². The van der Waals surface area contributed by atoms with Crippen LogP contribution in [0.15, 0.2) is 46.3 Å². The van der Waals surface area contributed by atoms with Crippen LogP contribution >= 0.6 is 11.3 Å². The molecule has 8 heteroatoms. The van der Waals surface area contributed by atoms with Crippen LogP contribution in [0, 0.1) is 19.8 Å². The topological polar surface area (TPSA) is 71.7 Å². The molecule has 0 bridgehead atoms. The first kappa shape index (κ1) is 22.9. The SMILES string of the molecule is CCn1c(=NC(=O)c2ccc(S(=O)(=O)N3CCC(C)CC3)cc2)sc2ccc(C)c(C)c21. The van der Waals surface area contributed by atoms with Crippen LogP contribution in [0.4, 0.5) is 0 Å². The number of benzene rings is 2. The van der Waals surface area contributed by atoms with Crippen LogP contribution in [0.5, 0.6) is 0 Å². The van der Waals surface area contributed by atoms with E-state index in [0.717, 1.165) is 23.1 Å². The van der Waals surface area contributed by atoms with E-state index in [4.69, 9.17) is 0 Å². The molecular weight excluding hydrogens is 442 g/mol. The van der Waals surface area contributed by atoms with Crippen LogP contribution in [0.25, 0.3) is 10.2 Å². The molecule has 1 aliphatic rings. The van der Waals surface area contributed by atoms with Gasteiger partial charge in [-0.15, -0.1) is 0 Å². The number of aryl methyl sites for hydroxylation is 3. The van der Waals surface area contributed by atoms with Crippen molar-refractivity contribution < 1.29 is 13.2 Å². The Hall–Kier alpha value is -2.29. The van der Waals surface area contributed by atoms with Gasteiger partial charge in [-0.05, 0) is 81.0 Å². The molecule has 32 heavy (non-hydrogen) atoms. The molecule has 2 heterocycles. The van der Waals surface area contributed by atoms with E-state index < -0.39 is 10.0 Å². The van der Waals surface area contributed by atoms with Gasteiger partial charge in [0.2, 0.25) is 10.0 Å². The quantitative estimate of drug-likeness (QED) is 0.562. The molecule has 0 spiro atoms. The summed E-state index contributed by atoms with van der Waals surface area (Å²) in [7, 11) is -3.53. The summed E-state index contributed by atoms with van der Waals surface area (Å²) in [6.45, 7) is 10.1. The van der Waals surface area contributed by atoms with E-state index in [-0.39, 0.29) is 10.8 Å². The fraction of sp³-hybridized carbons (Fsp3) is 0.417. The van der Waals surface area contributed by atoms with Gasteiger partial charge in [0.15, 0.2) is 4.80 Å². The lowest BCUT2D eigenvalue weighted by atomic mass is 10.0. The van der Waals surface area contributed by atoms with Gasteiger partial charge in [-0.1, -0.05) is 24.3 Å². The molecule has 0 atom stereocenters. The van der Waals surface area contributed by atoms with Crippen molar-refractivity contribution in [3.63, 3.8) is 0 Å². The first-order valence-corrected chi connectivity index (χ1v) is 13.3. The number of carbonyl (C=O) groups excluding carboxylic acids is 1. The lowest BCUT2D eigenvalue weighted by molar-refractivity contribution is 0.0997. The monoisotopic (exact) mass is 471 g/mol. The molecule has 0 aliphatic carbocycles. The molecule has 1 amide bonds. The molecule has 6 nitrogen and oxygen atoms in total. The summed E-state index contributed by atoms with van der Waals surface area (Å²) < 4.78 is 30.6. The first-order chi connectivity index (χ1) is 15.2. The summed E-state index contributed by atoms with van der Waals surface area (Å²) in [5, 5.41) is 0. The van der Waals surface area contributed by atoms with Crippen LogP contribution in [0.1, 0.15) is 48.2 Å². The number of amides is 1. The number of fused-ring (bicyclic) bond motifs is 1. The number of hydrogen-bond donors (Lipinski definition) is 0. The average Bonchev–Trinajstić information content (AvgIpc) is 3.14. The lowest BCUT2D eigenvalue weighted by Crippen LogP contribution is -2.37. The van der Waals surface area contributed by atoms with E-state index in [0.29, 0.717) is 35.9 Å². The highest BCUT2D eigenvalue weighted by Gasteiger charge is 2.28. The van der Waals surface area contributed by atoms with E-state index in [1.165, 1.54) is 34.6 Å². The van der Waals surface area contributed by atoms with Crippen molar-refractivity contribution in [3.8, 4) is 0 Å². The Kier molecular flexibility index (Phi) is 6.38. The zero-order chi connectivity index (χ0) is 23.0. The number of rotatable bonds is 4. The van der Waals surface area contributed by atoms with Crippen molar-refractivity contribution in [2.24, 2.45) is 10.9 Å². The van der Waals surface area contributed by atoms with Crippen LogP contribution in [-0.2, 0) is 16.6 Å². The van der Waals surface area contributed by atoms with Crippen molar-refractivity contribution >= 4 is 37.5 Å². The summed E-state index contributed by atoms with van der Waals surface area (Å²) >= 11 is 1.49. The number of nitrogens with zero attached hydrogens (tertiary/aromatic N) is 3. The minimum absolute atomic E-state index is 0.222. The zero-order valence-corrected chi connectivity index (χ0v) is 20.6. The van der Waals surface area contributed by atoms with Crippen molar-refractivity contribution in [2.45, 2.75) is 52.0 Å². The third kappa shape index (κ3) is 4.19. The molecule has 0 unspecified atom stereocenters. The van der Waals surface area contributed by atoms with Gasteiger partial charge in [0.05, 0.1) is 15.1 Å². The maximum Gasteiger partial charge on any atom is 0.279 e. The van der Waals surface area contributed by atoms with Gasteiger partial charge in [-0.2, -0.15) is 9.30 Å². The first-order valence-electron chi connectivity index (χ1n) is 11.0. The maximum absolute atomic E-state index is 12.9. The van der Waals surface area contributed by atoms with Crippen LogP contribution in [-0.4, -0.2) is 36.3 Å². The lowest BCUT2D eigenvalue weighted by Gasteiger charge is -2.29. The van der Waals surface area contributed by atoms with Crippen LogP contribution < -0.4 is 4.80 Å². The van der Waals surface area contributed by atoms with Crippen molar-refractivity contribution in [1.82, 2.24) is 8.87 Å². The van der Waals surface area contributed by atoms with Crippen LogP contribution in [0.2, 0.25) is 0 Å². The summed E-state index contributed by atoms with van der Waals surface area (Å²) in [4.78, 5) is 18.1. The molecular formula is C24H29N3O3S2. The normalized spacial score (nSPS) is 16.7. The molecule has 0 N–H and O–H groups in total. The molecule has 1 saturated heterocycles. The fourth-order valence-electron chi connectivity index (χ4n) is 4.11. The molecule has 170 valence electrons. The Bertz CT molecular complexity index is 1330. The standard InChI is InChI=1S/C24H29N3O3S2/c1-5-27-22-18(4)17(3)6-11-21(22)31-24(27)25-23(28)19-7-9-20(10-8-19)32(29,30)26-14-12-16(2)13-15-26/h6-11,16H,5,12-15H2,1-4H3. The average molecular weight is 472 g/mol. The van der Waals surface area contributed by atoms with Gasteiger partial charge >= 0.3 is 0 Å². The summed E-state index contributed by atoms with van der Waals surface area (Å²) in [5.41, 5.74) is 3.89. The second-order valence-corrected chi connectivity index (χ2v) is 11.5. The Morgan fingerprint density at radius 1 is 1.09 bits per heavy atom. The van der Waals surface area contributed by atoms with Crippen LogP contribution in [0.3, 0.4) is 0 Å². The van der Waals surface area contributed by atoms with E-state index >= 15 is 0 Å². The fourth-order valence-corrected chi connectivity index (χ4v) is 6.74. The van der Waals surface area contributed by atoms with Gasteiger partial charge in [-0.25, -0.2) is 8.42 Å². The number of hydrogen-bond acceptors (Lipinski definition) is 4. The largest absolute Gasteiger partial charge is 0.316 e. The summed E-state index contributed by atoms with van der Waals surface area (Å²) in [6.07, 6.45) is 1.75. The third-order valence-electron chi connectivity index (χ3n) is 6.36.